The average molecular weight is 446 g/mol. The quantitative estimate of drug-likeness (QED) is 0.680. The van der Waals surface area contributed by atoms with E-state index in [1.165, 1.54) is 7.11 Å². The summed E-state index contributed by atoms with van der Waals surface area (Å²) in [6.07, 6.45) is 7.40. The highest BCUT2D eigenvalue weighted by Crippen LogP contribution is 2.31. The number of rotatable bonds is 6. The lowest BCUT2D eigenvalue weighted by molar-refractivity contribution is 0.0585. The Labute approximate surface area is 185 Å². The van der Waals surface area contributed by atoms with Crippen LogP contribution in [0.3, 0.4) is 0 Å². The van der Waals surface area contributed by atoms with Gasteiger partial charge in [0.15, 0.2) is 0 Å². The predicted molar refractivity (Wildman–Crippen MR) is 119 cm³/mol. The lowest BCUT2D eigenvalue weighted by Crippen LogP contribution is -2.50. The molecule has 0 N–H and O–H groups in total. The molecule has 3 heterocycles. The van der Waals surface area contributed by atoms with Gasteiger partial charge < -0.3 is 14.4 Å². The fourth-order valence-corrected chi connectivity index (χ4v) is 6.25. The van der Waals surface area contributed by atoms with Crippen LogP contribution in [0, 0.1) is 6.92 Å². The Balaban J connectivity index is 1.32. The number of piperidine rings is 2. The van der Waals surface area contributed by atoms with E-state index in [1.54, 1.807) is 28.8 Å². The first-order valence-corrected chi connectivity index (χ1v) is 12.4. The van der Waals surface area contributed by atoms with Crippen molar-refractivity contribution in [1.29, 1.82) is 0 Å². The minimum Gasteiger partial charge on any atom is -0.495 e. The molecule has 0 unspecified atom stereocenters. The fraction of sp³-hybridized carbons (Fsp3) is 0.522. The van der Waals surface area contributed by atoms with E-state index in [4.69, 9.17) is 9.47 Å². The summed E-state index contributed by atoms with van der Waals surface area (Å²) in [5, 5.41) is 0. The molecule has 0 atom stereocenters. The Morgan fingerprint density at radius 1 is 0.968 bits per heavy atom. The number of pyridine rings is 1. The van der Waals surface area contributed by atoms with Crippen molar-refractivity contribution in [3.05, 3.63) is 48.3 Å². The van der Waals surface area contributed by atoms with Crippen LogP contribution in [0.2, 0.25) is 0 Å². The summed E-state index contributed by atoms with van der Waals surface area (Å²) in [6, 6.07) is 9.51. The van der Waals surface area contributed by atoms with Gasteiger partial charge in [-0.15, -0.1) is 0 Å². The predicted octanol–water partition coefficient (Wildman–Crippen LogP) is 3.10. The first-order chi connectivity index (χ1) is 15.0. The summed E-state index contributed by atoms with van der Waals surface area (Å²) in [4.78, 5) is 6.80. The fourth-order valence-electron chi connectivity index (χ4n) is 4.54. The topological polar surface area (TPSA) is 72.0 Å². The van der Waals surface area contributed by atoms with Gasteiger partial charge in [-0.05, 0) is 62.4 Å². The van der Waals surface area contributed by atoms with Crippen molar-refractivity contribution < 1.29 is 17.9 Å². The van der Waals surface area contributed by atoms with Crippen molar-refractivity contribution in [2.24, 2.45) is 0 Å². The van der Waals surface area contributed by atoms with E-state index in [-0.39, 0.29) is 11.0 Å². The second-order valence-corrected chi connectivity index (χ2v) is 10.2. The number of hydrogen-bond acceptors (Lipinski definition) is 6. The van der Waals surface area contributed by atoms with Crippen LogP contribution < -0.4 is 9.47 Å². The normalized spacial score (nSPS) is 19.9. The number of aryl methyl sites for hydroxylation is 1. The standard InChI is InChI=1S/C23H31N3O4S/c1-18-3-4-22(29-2)23(17-18)31(27,28)26-15-7-19(8-16-26)25-13-9-21(10-14-25)30-20-5-11-24-12-6-20/h3-6,11-12,17,19,21H,7-10,13-16H2,1-2H3. The number of methoxy groups -OCH3 is 1. The van der Waals surface area contributed by atoms with Gasteiger partial charge in [0.1, 0.15) is 22.5 Å². The Morgan fingerprint density at radius 3 is 2.29 bits per heavy atom. The maximum Gasteiger partial charge on any atom is 0.246 e. The third kappa shape index (κ3) is 5.02. The highest BCUT2D eigenvalue weighted by molar-refractivity contribution is 7.89. The number of hydrogen-bond donors (Lipinski definition) is 0. The molecule has 0 amide bonds. The minimum atomic E-state index is -3.56. The molecule has 2 aromatic rings. The van der Waals surface area contributed by atoms with Crippen molar-refractivity contribution in [3.8, 4) is 11.5 Å². The van der Waals surface area contributed by atoms with Crippen molar-refractivity contribution in [2.45, 2.75) is 49.6 Å². The van der Waals surface area contributed by atoms with E-state index in [0.717, 1.165) is 50.1 Å². The van der Waals surface area contributed by atoms with Crippen molar-refractivity contribution in [1.82, 2.24) is 14.2 Å². The summed E-state index contributed by atoms with van der Waals surface area (Å²) in [6.45, 7) is 4.94. The minimum absolute atomic E-state index is 0.230. The Kier molecular flexibility index (Phi) is 6.79. The monoisotopic (exact) mass is 445 g/mol. The van der Waals surface area contributed by atoms with Gasteiger partial charge in [-0.2, -0.15) is 4.31 Å². The number of likely N-dealkylation sites (tertiary alicyclic amines) is 1. The zero-order valence-corrected chi connectivity index (χ0v) is 19.1. The summed E-state index contributed by atoms with van der Waals surface area (Å²) in [5.41, 5.74) is 0.908. The second-order valence-electron chi connectivity index (χ2n) is 8.33. The molecule has 8 heteroatoms. The Hall–Kier alpha value is -2.16. The van der Waals surface area contributed by atoms with Crippen molar-refractivity contribution >= 4 is 10.0 Å². The largest absolute Gasteiger partial charge is 0.495 e. The Bertz CT molecular complexity index is 968. The molecule has 31 heavy (non-hydrogen) atoms. The van der Waals surface area contributed by atoms with Crippen LogP contribution in [0.5, 0.6) is 11.5 Å². The van der Waals surface area contributed by atoms with Gasteiger partial charge in [0.2, 0.25) is 10.0 Å². The number of sulfonamides is 1. The number of benzene rings is 1. The third-order valence-electron chi connectivity index (χ3n) is 6.31. The molecule has 0 radical (unpaired) electrons. The molecule has 0 bridgehead atoms. The van der Waals surface area contributed by atoms with E-state index in [2.05, 4.69) is 9.88 Å². The summed E-state index contributed by atoms with van der Waals surface area (Å²) < 4.78 is 39.5. The lowest BCUT2D eigenvalue weighted by atomic mass is 10.00. The van der Waals surface area contributed by atoms with Crippen LogP contribution in [0.25, 0.3) is 0 Å². The highest BCUT2D eigenvalue weighted by atomic mass is 32.2. The third-order valence-corrected chi connectivity index (χ3v) is 8.23. The summed E-state index contributed by atoms with van der Waals surface area (Å²) >= 11 is 0. The number of aromatic nitrogens is 1. The molecule has 168 valence electrons. The summed E-state index contributed by atoms with van der Waals surface area (Å²) in [7, 11) is -2.05. The molecule has 4 rings (SSSR count). The maximum atomic E-state index is 13.2. The van der Waals surface area contributed by atoms with Gasteiger partial charge >= 0.3 is 0 Å². The van der Waals surface area contributed by atoms with E-state index < -0.39 is 10.0 Å². The first-order valence-electron chi connectivity index (χ1n) is 10.9. The maximum absolute atomic E-state index is 13.2. The first kappa shape index (κ1) is 22.0. The van der Waals surface area contributed by atoms with E-state index in [9.17, 15) is 8.42 Å². The van der Waals surface area contributed by atoms with Crippen LogP contribution in [0.4, 0.5) is 0 Å². The summed E-state index contributed by atoms with van der Waals surface area (Å²) in [5.74, 6) is 1.28. The van der Waals surface area contributed by atoms with Gasteiger partial charge in [0.05, 0.1) is 7.11 Å². The second kappa shape index (κ2) is 9.54. The van der Waals surface area contributed by atoms with Crippen LogP contribution in [0.15, 0.2) is 47.6 Å². The smallest absolute Gasteiger partial charge is 0.246 e. The molecule has 2 aliphatic heterocycles. The molecular formula is C23H31N3O4S. The van der Waals surface area contributed by atoms with Crippen molar-refractivity contribution in [2.75, 3.05) is 33.3 Å². The van der Waals surface area contributed by atoms with Gasteiger partial charge in [0, 0.05) is 44.6 Å². The molecule has 2 fully saturated rings. The molecular weight excluding hydrogens is 414 g/mol. The molecule has 7 nitrogen and oxygen atoms in total. The van der Waals surface area contributed by atoms with Crippen LogP contribution in [-0.4, -0.2) is 68.0 Å². The average Bonchev–Trinajstić information content (AvgIpc) is 2.80. The van der Waals surface area contributed by atoms with E-state index in [1.807, 2.05) is 25.1 Å². The molecule has 1 aromatic carbocycles. The molecule has 2 saturated heterocycles. The van der Waals surface area contributed by atoms with Gasteiger partial charge in [-0.3, -0.25) is 4.98 Å². The van der Waals surface area contributed by atoms with E-state index >= 15 is 0 Å². The van der Waals surface area contributed by atoms with Gasteiger partial charge in [-0.25, -0.2) is 8.42 Å². The molecule has 0 spiro atoms. The number of nitrogens with zero attached hydrogens (tertiary/aromatic N) is 3. The van der Waals surface area contributed by atoms with Gasteiger partial charge in [-0.1, -0.05) is 6.07 Å². The molecule has 1 aromatic heterocycles. The van der Waals surface area contributed by atoms with Crippen molar-refractivity contribution in [3.63, 3.8) is 0 Å². The van der Waals surface area contributed by atoms with Crippen LogP contribution in [0.1, 0.15) is 31.2 Å². The number of ether oxygens (including phenoxy) is 2. The lowest BCUT2D eigenvalue weighted by Gasteiger charge is -2.41. The van der Waals surface area contributed by atoms with Crippen LogP contribution in [-0.2, 0) is 10.0 Å². The van der Waals surface area contributed by atoms with Crippen LogP contribution >= 0.6 is 0 Å². The molecule has 0 saturated carbocycles. The Morgan fingerprint density at radius 2 is 1.65 bits per heavy atom. The molecule has 2 aliphatic rings. The molecule has 0 aliphatic carbocycles. The van der Waals surface area contributed by atoms with E-state index in [0.29, 0.717) is 24.9 Å². The SMILES string of the molecule is COc1ccc(C)cc1S(=O)(=O)N1CCC(N2CCC(Oc3ccncc3)CC2)CC1. The zero-order chi connectivity index (χ0) is 21.8. The zero-order valence-electron chi connectivity index (χ0n) is 18.2. The van der Waals surface area contributed by atoms with Gasteiger partial charge in [0.25, 0.3) is 0 Å². The highest BCUT2D eigenvalue weighted by Gasteiger charge is 2.34.